The maximum Gasteiger partial charge on any atom is 0.264 e. The molecule has 3 rings (SSSR count). The first-order chi connectivity index (χ1) is 16.8. The molecule has 1 amide bonds. The summed E-state index contributed by atoms with van der Waals surface area (Å²) < 4.78 is 38.5. The van der Waals surface area contributed by atoms with Gasteiger partial charge in [-0.25, -0.2) is 13.8 Å². The lowest BCUT2D eigenvalue weighted by molar-refractivity contribution is -0.119. The van der Waals surface area contributed by atoms with Crippen molar-refractivity contribution in [2.24, 2.45) is 5.10 Å². The van der Waals surface area contributed by atoms with Crippen molar-refractivity contribution >= 4 is 27.8 Å². The maximum absolute atomic E-state index is 13.5. The Hall–Kier alpha value is -3.85. The van der Waals surface area contributed by atoms with Gasteiger partial charge >= 0.3 is 0 Å². The molecule has 35 heavy (non-hydrogen) atoms. The van der Waals surface area contributed by atoms with Gasteiger partial charge in [0.25, 0.3) is 15.9 Å². The highest BCUT2D eigenvalue weighted by Crippen LogP contribution is 2.32. The van der Waals surface area contributed by atoms with Gasteiger partial charge in [-0.05, 0) is 53.4 Å². The van der Waals surface area contributed by atoms with E-state index in [0.717, 1.165) is 9.87 Å². The van der Waals surface area contributed by atoms with Gasteiger partial charge in [-0.15, -0.1) is 0 Å². The Kier molecular flexibility index (Phi) is 8.48. The largest absolute Gasteiger partial charge is 0.497 e. The van der Waals surface area contributed by atoms with Gasteiger partial charge in [0.05, 0.1) is 31.0 Å². The molecule has 0 aliphatic carbocycles. The molecule has 3 aromatic rings. The summed E-state index contributed by atoms with van der Waals surface area (Å²) in [4.78, 5) is 12.8. The predicted octanol–water partition coefficient (Wildman–Crippen LogP) is 4.17. The second-order valence-corrected chi connectivity index (χ2v) is 9.84. The van der Waals surface area contributed by atoms with Crippen molar-refractivity contribution in [3.8, 4) is 11.5 Å². The summed E-state index contributed by atoms with van der Waals surface area (Å²) in [6.45, 7) is 3.71. The minimum Gasteiger partial charge on any atom is -0.497 e. The van der Waals surface area contributed by atoms with Crippen molar-refractivity contribution in [1.82, 2.24) is 5.43 Å². The van der Waals surface area contributed by atoms with Crippen molar-refractivity contribution in [2.75, 3.05) is 25.1 Å². The van der Waals surface area contributed by atoms with Crippen LogP contribution in [0, 0.1) is 0 Å². The first-order valence-corrected chi connectivity index (χ1v) is 12.4. The Morgan fingerprint density at radius 1 is 0.971 bits per heavy atom. The summed E-state index contributed by atoms with van der Waals surface area (Å²) in [5.41, 5.74) is 4.65. The molecule has 0 radical (unpaired) electrons. The van der Waals surface area contributed by atoms with E-state index in [1.807, 2.05) is 24.3 Å². The summed E-state index contributed by atoms with van der Waals surface area (Å²) in [5, 5.41) is 3.99. The van der Waals surface area contributed by atoms with Gasteiger partial charge in [-0.2, -0.15) is 5.10 Å². The molecule has 0 bridgehead atoms. The molecule has 0 atom stereocenters. The fourth-order valence-electron chi connectivity index (χ4n) is 3.32. The van der Waals surface area contributed by atoms with Gasteiger partial charge in [-0.3, -0.25) is 9.10 Å². The number of para-hydroxylation sites is 2. The first-order valence-electron chi connectivity index (χ1n) is 11.0. The van der Waals surface area contributed by atoms with Crippen molar-refractivity contribution in [2.45, 2.75) is 24.7 Å². The summed E-state index contributed by atoms with van der Waals surface area (Å²) in [5.74, 6) is 0.629. The number of nitrogens with one attached hydrogen (secondary N) is 1. The molecule has 0 aliphatic heterocycles. The Morgan fingerprint density at radius 2 is 1.63 bits per heavy atom. The minimum atomic E-state index is -4.11. The summed E-state index contributed by atoms with van der Waals surface area (Å²) in [6, 6.07) is 20.3. The molecule has 0 saturated heterocycles. The van der Waals surface area contributed by atoms with Gasteiger partial charge < -0.3 is 9.47 Å². The molecule has 3 aromatic carbocycles. The lowest BCUT2D eigenvalue weighted by Crippen LogP contribution is -2.39. The van der Waals surface area contributed by atoms with Crippen LogP contribution >= 0.6 is 0 Å². The minimum absolute atomic E-state index is 0.00532. The fourth-order valence-corrected chi connectivity index (χ4v) is 4.75. The number of methoxy groups -OCH3 is 2. The van der Waals surface area contributed by atoms with Crippen LogP contribution in [-0.4, -0.2) is 41.3 Å². The monoisotopic (exact) mass is 495 g/mol. The Bertz CT molecular complexity index is 1270. The Morgan fingerprint density at radius 3 is 2.23 bits per heavy atom. The van der Waals surface area contributed by atoms with Crippen LogP contribution in [0.4, 0.5) is 5.69 Å². The smallest absolute Gasteiger partial charge is 0.264 e. The second kappa shape index (κ2) is 11.5. The van der Waals surface area contributed by atoms with Gasteiger partial charge in [0.15, 0.2) is 0 Å². The molecule has 0 spiro atoms. The Labute approximate surface area is 206 Å². The quantitative estimate of drug-likeness (QED) is 0.336. The lowest BCUT2D eigenvalue weighted by atomic mass is 10.0. The number of anilines is 1. The second-order valence-electron chi connectivity index (χ2n) is 7.97. The van der Waals surface area contributed by atoms with Crippen molar-refractivity contribution in [1.29, 1.82) is 0 Å². The normalized spacial score (nSPS) is 11.5. The van der Waals surface area contributed by atoms with Crippen LogP contribution in [0.2, 0.25) is 0 Å². The van der Waals surface area contributed by atoms with Crippen LogP contribution in [0.15, 0.2) is 82.8 Å². The van der Waals surface area contributed by atoms with E-state index in [4.69, 9.17) is 9.47 Å². The van der Waals surface area contributed by atoms with Gasteiger partial charge in [-0.1, -0.05) is 50.2 Å². The molecule has 1 N–H and O–H groups in total. The van der Waals surface area contributed by atoms with E-state index in [0.29, 0.717) is 17.4 Å². The molecule has 9 heteroatoms. The molecule has 0 fully saturated rings. The highest BCUT2D eigenvalue weighted by atomic mass is 32.2. The number of benzene rings is 3. The average molecular weight is 496 g/mol. The fraction of sp³-hybridized carbons (Fsp3) is 0.231. The van der Waals surface area contributed by atoms with Gasteiger partial charge in [0.2, 0.25) is 0 Å². The van der Waals surface area contributed by atoms with Crippen LogP contribution < -0.4 is 19.2 Å². The van der Waals surface area contributed by atoms with E-state index in [9.17, 15) is 13.2 Å². The number of hydrogen-bond acceptors (Lipinski definition) is 6. The van der Waals surface area contributed by atoms with Crippen molar-refractivity contribution in [3.63, 3.8) is 0 Å². The van der Waals surface area contributed by atoms with Crippen LogP contribution in [0.25, 0.3) is 0 Å². The molecule has 184 valence electrons. The molecule has 0 saturated carbocycles. The van der Waals surface area contributed by atoms with E-state index in [-0.39, 0.29) is 10.6 Å². The molecule has 0 heterocycles. The zero-order valence-corrected chi connectivity index (χ0v) is 21.0. The van der Waals surface area contributed by atoms with E-state index in [1.54, 1.807) is 36.4 Å². The predicted molar refractivity (Wildman–Crippen MR) is 137 cm³/mol. The molecule has 0 aliphatic rings. The highest BCUT2D eigenvalue weighted by molar-refractivity contribution is 7.92. The SMILES string of the molecule is COc1ccc(S(=O)(=O)N(CC(=O)N/N=C\c2ccc(C(C)C)cc2)c2ccccc2OC)cc1. The number of hydrazone groups is 1. The van der Waals surface area contributed by atoms with Crippen LogP contribution in [-0.2, 0) is 14.8 Å². The number of carbonyl (C=O) groups excluding carboxylic acids is 1. The molecule has 0 unspecified atom stereocenters. The van der Waals surface area contributed by atoms with Crippen molar-refractivity contribution < 1.29 is 22.7 Å². The molecule has 0 aromatic heterocycles. The number of amides is 1. The van der Waals surface area contributed by atoms with Crippen LogP contribution in [0.3, 0.4) is 0 Å². The molecular formula is C26H29N3O5S. The molecular weight excluding hydrogens is 466 g/mol. The summed E-state index contributed by atoms with van der Waals surface area (Å²) >= 11 is 0. The summed E-state index contributed by atoms with van der Waals surface area (Å²) in [6.07, 6.45) is 1.51. The van der Waals surface area contributed by atoms with Crippen LogP contribution in [0.1, 0.15) is 30.9 Å². The third kappa shape index (κ3) is 6.39. The van der Waals surface area contributed by atoms with E-state index < -0.39 is 22.5 Å². The van der Waals surface area contributed by atoms with Gasteiger partial charge in [0.1, 0.15) is 18.0 Å². The van der Waals surface area contributed by atoms with E-state index >= 15 is 0 Å². The number of rotatable bonds is 10. The molecule has 8 nitrogen and oxygen atoms in total. The van der Waals surface area contributed by atoms with Gasteiger partial charge in [0, 0.05) is 0 Å². The number of carbonyl (C=O) groups is 1. The number of ether oxygens (including phenoxy) is 2. The third-order valence-electron chi connectivity index (χ3n) is 5.29. The highest BCUT2D eigenvalue weighted by Gasteiger charge is 2.29. The Balaban J connectivity index is 1.84. The third-order valence-corrected chi connectivity index (χ3v) is 7.07. The van der Waals surface area contributed by atoms with Crippen LogP contribution in [0.5, 0.6) is 11.5 Å². The number of sulfonamides is 1. The van der Waals surface area contributed by atoms with E-state index in [2.05, 4.69) is 24.4 Å². The van der Waals surface area contributed by atoms with E-state index in [1.165, 1.54) is 38.1 Å². The zero-order valence-electron chi connectivity index (χ0n) is 20.1. The first kappa shape index (κ1) is 25.8. The number of nitrogens with zero attached hydrogens (tertiary/aromatic N) is 2. The lowest BCUT2D eigenvalue weighted by Gasteiger charge is -2.25. The average Bonchev–Trinajstić information content (AvgIpc) is 2.87. The standard InChI is InChI=1S/C26H29N3O5S/c1-19(2)21-11-9-20(10-12-21)17-27-28-26(30)18-29(24-7-5-6-8-25(24)34-4)35(31,32)23-15-13-22(33-3)14-16-23/h5-17,19H,18H2,1-4H3,(H,28,30)/b27-17-. The maximum atomic E-state index is 13.5. The topological polar surface area (TPSA) is 97.3 Å². The summed E-state index contributed by atoms with van der Waals surface area (Å²) in [7, 11) is -1.18. The number of hydrogen-bond donors (Lipinski definition) is 1. The van der Waals surface area contributed by atoms with Crippen molar-refractivity contribution in [3.05, 3.63) is 83.9 Å². The zero-order chi connectivity index (χ0) is 25.4.